The van der Waals surface area contributed by atoms with Crippen molar-refractivity contribution < 1.29 is 4.79 Å². The first-order valence-electron chi connectivity index (χ1n) is 8.36. The Bertz CT molecular complexity index is 1020. The molecule has 4 heterocycles. The topological polar surface area (TPSA) is 83.9 Å². The average Bonchev–Trinajstić information content (AvgIpc) is 3.04. The Kier molecular flexibility index (Phi) is 3.63. The summed E-state index contributed by atoms with van der Waals surface area (Å²) in [6.45, 7) is 5.00. The summed E-state index contributed by atoms with van der Waals surface area (Å²) in [6, 6.07) is 3.94. The van der Waals surface area contributed by atoms with Crippen molar-refractivity contribution in [2.24, 2.45) is 0 Å². The van der Waals surface area contributed by atoms with Crippen molar-refractivity contribution in [3.05, 3.63) is 57.8 Å². The van der Waals surface area contributed by atoms with Crippen molar-refractivity contribution in [2.75, 3.05) is 6.54 Å². The molecule has 4 rings (SSSR count). The van der Waals surface area contributed by atoms with Crippen molar-refractivity contribution in [1.82, 2.24) is 24.6 Å². The number of fused-ring (bicyclic) bond motifs is 2. The highest BCUT2D eigenvalue weighted by molar-refractivity contribution is 5.97. The van der Waals surface area contributed by atoms with Crippen LogP contribution in [0.3, 0.4) is 0 Å². The van der Waals surface area contributed by atoms with Crippen LogP contribution in [-0.2, 0) is 13.0 Å². The monoisotopic (exact) mass is 337 g/mol. The molecule has 1 N–H and O–H groups in total. The summed E-state index contributed by atoms with van der Waals surface area (Å²) in [6.07, 6.45) is 5.67. The molecule has 0 aromatic carbocycles. The van der Waals surface area contributed by atoms with Crippen LogP contribution in [0.25, 0.3) is 11.0 Å². The number of pyridine rings is 2. The molecule has 7 heteroatoms. The number of carbonyl (C=O) groups is 1. The van der Waals surface area contributed by atoms with Crippen LogP contribution in [0.15, 0.2) is 35.5 Å². The third-order valence-electron chi connectivity index (χ3n) is 4.62. The van der Waals surface area contributed by atoms with Gasteiger partial charge in [0.15, 0.2) is 5.65 Å². The molecule has 0 unspecified atom stereocenters. The minimum atomic E-state index is -0.123. The molecule has 1 amide bonds. The van der Waals surface area contributed by atoms with E-state index in [1.165, 1.54) is 0 Å². The van der Waals surface area contributed by atoms with E-state index in [4.69, 9.17) is 0 Å². The first-order valence-corrected chi connectivity index (χ1v) is 8.36. The van der Waals surface area contributed by atoms with Gasteiger partial charge in [0.25, 0.3) is 11.5 Å². The summed E-state index contributed by atoms with van der Waals surface area (Å²) in [5, 5.41) is 5.18. The van der Waals surface area contributed by atoms with Gasteiger partial charge in [-0.05, 0) is 38.0 Å². The Morgan fingerprint density at radius 3 is 2.96 bits per heavy atom. The highest BCUT2D eigenvalue weighted by Crippen LogP contribution is 2.20. The minimum Gasteiger partial charge on any atom is -0.334 e. The molecule has 0 aliphatic carbocycles. The van der Waals surface area contributed by atoms with Gasteiger partial charge < -0.3 is 9.88 Å². The molecule has 128 valence electrons. The van der Waals surface area contributed by atoms with E-state index in [0.717, 1.165) is 16.6 Å². The summed E-state index contributed by atoms with van der Waals surface area (Å²) in [5.74, 6) is -0.111. The number of H-pyrrole nitrogens is 1. The molecule has 3 aromatic heterocycles. The van der Waals surface area contributed by atoms with E-state index in [1.807, 2.05) is 30.7 Å². The van der Waals surface area contributed by atoms with E-state index in [2.05, 4.69) is 15.1 Å². The SMILES string of the molecule is CC(C)n1ncc2cc(C(=O)N3CCc4cc[nH]c(=O)c4C3)cnc21. The number of nitrogens with one attached hydrogen (secondary N) is 1. The molecular formula is C18H19N5O2. The van der Waals surface area contributed by atoms with Gasteiger partial charge in [-0.3, -0.25) is 9.59 Å². The Hall–Kier alpha value is -2.96. The molecule has 0 fully saturated rings. The van der Waals surface area contributed by atoms with Gasteiger partial charge in [0, 0.05) is 35.9 Å². The molecule has 0 bridgehead atoms. The van der Waals surface area contributed by atoms with E-state index >= 15 is 0 Å². The quantitative estimate of drug-likeness (QED) is 0.774. The Morgan fingerprint density at radius 2 is 2.16 bits per heavy atom. The van der Waals surface area contributed by atoms with Crippen molar-refractivity contribution >= 4 is 16.9 Å². The van der Waals surface area contributed by atoms with Gasteiger partial charge in [0.1, 0.15) is 0 Å². The minimum absolute atomic E-state index is 0.111. The lowest BCUT2D eigenvalue weighted by Gasteiger charge is -2.28. The molecule has 0 spiro atoms. The second-order valence-corrected chi connectivity index (χ2v) is 6.61. The number of aromatic amines is 1. The van der Waals surface area contributed by atoms with Gasteiger partial charge in [-0.1, -0.05) is 0 Å². The van der Waals surface area contributed by atoms with Crippen molar-refractivity contribution in [3.63, 3.8) is 0 Å². The number of aromatic nitrogens is 4. The molecule has 1 aliphatic heterocycles. The summed E-state index contributed by atoms with van der Waals surface area (Å²) in [7, 11) is 0. The maximum Gasteiger partial charge on any atom is 0.255 e. The maximum atomic E-state index is 12.9. The van der Waals surface area contributed by atoms with Crippen LogP contribution in [0.5, 0.6) is 0 Å². The number of amides is 1. The standard InChI is InChI=1S/C18H19N5O2/c1-11(2)23-16-13(9-21-23)7-14(8-20-16)18(25)22-6-4-12-3-5-19-17(24)15(12)10-22/h3,5,7-9,11H,4,6,10H2,1-2H3,(H,19,24). The molecule has 3 aromatic rings. The second-order valence-electron chi connectivity index (χ2n) is 6.61. The van der Waals surface area contributed by atoms with Crippen LogP contribution in [-0.4, -0.2) is 37.1 Å². The van der Waals surface area contributed by atoms with E-state index in [1.54, 1.807) is 23.5 Å². The summed E-state index contributed by atoms with van der Waals surface area (Å²) in [4.78, 5) is 33.7. The molecule has 1 aliphatic rings. The van der Waals surface area contributed by atoms with E-state index in [9.17, 15) is 9.59 Å². The number of carbonyl (C=O) groups excluding carboxylic acids is 1. The second kappa shape index (κ2) is 5.84. The van der Waals surface area contributed by atoms with Crippen molar-refractivity contribution in [3.8, 4) is 0 Å². The van der Waals surface area contributed by atoms with Crippen LogP contribution in [0.4, 0.5) is 0 Å². The van der Waals surface area contributed by atoms with E-state index in [-0.39, 0.29) is 17.5 Å². The Morgan fingerprint density at radius 1 is 1.32 bits per heavy atom. The largest absolute Gasteiger partial charge is 0.334 e. The molecule has 0 radical (unpaired) electrons. The molecule has 25 heavy (non-hydrogen) atoms. The lowest BCUT2D eigenvalue weighted by molar-refractivity contribution is 0.0733. The zero-order chi connectivity index (χ0) is 17.6. The number of nitrogens with zero attached hydrogens (tertiary/aromatic N) is 4. The average molecular weight is 337 g/mol. The predicted molar refractivity (Wildman–Crippen MR) is 93.4 cm³/mol. The van der Waals surface area contributed by atoms with Gasteiger partial charge in [-0.2, -0.15) is 5.10 Å². The first kappa shape index (κ1) is 15.6. The number of rotatable bonds is 2. The fourth-order valence-corrected chi connectivity index (χ4v) is 3.28. The van der Waals surface area contributed by atoms with Crippen LogP contribution in [0, 0.1) is 0 Å². The fraction of sp³-hybridized carbons (Fsp3) is 0.333. The molecule has 0 saturated heterocycles. The zero-order valence-corrected chi connectivity index (χ0v) is 14.2. The van der Waals surface area contributed by atoms with Gasteiger partial charge in [-0.15, -0.1) is 0 Å². The third-order valence-corrected chi connectivity index (χ3v) is 4.62. The summed E-state index contributed by atoms with van der Waals surface area (Å²) in [5.41, 5.74) is 2.85. The van der Waals surface area contributed by atoms with Crippen molar-refractivity contribution in [1.29, 1.82) is 0 Å². The lowest BCUT2D eigenvalue weighted by atomic mass is 10.0. The predicted octanol–water partition coefficient (Wildman–Crippen LogP) is 1.90. The van der Waals surface area contributed by atoms with Crippen molar-refractivity contribution in [2.45, 2.75) is 32.9 Å². The van der Waals surface area contributed by atoms with Crippen LogP contribution in [0.1, 0.15) is 41.4 Å². The van der Waals surface area contributed by atoms with E-state index in [0.29, 0.717) is 30.6 Å². The van der Waals surface area contributed by atoms with Crippen LogP contribution < -0.4 is 5.56 Å². The number of hydrogen-bond donors (Lipinski definition) is 1. The summed E-state index contributed by atoms with van der Waals surface area (Å²) < 4.78 is 1.83. The molecular weight excluding hydrogens is 318 g/mol. The van der Waals surface area contributed by atoms with Gasteiger partial charge >= 0.3 is 0 Å². The molecule has 7 nitrogen and oxygen atoms in total. The van der Waals surface area contributed by atoms with Gasteiger partial charge in [-0.25, -0.2) is 9.67 Å². The Labute approximate surface area is 144 Å². The first-order chi connectivity index (χ1) is 12.0. The van der Waals surface area contributed by atoms with Gasteiger partial charge in [0.2, 0.25) is 0 Å². The zero-order valence-electron chi connectivity index (χ0n) is 14.2. The Balaban J connectivity index is 1.64. The fourth-order valence-electron chi connectivity index (χ4n) is 3.28. The highest BCUT2D eigenvalue weighted by atomic mass is 16.2. The maximum absolute atomic E-state index is 12.9. The van der Waals surface area contributed by atoms with E-state index < -0.39 is 0 Å². The lowest BCUT2D eigenvalue weighted by Crippen LogP contribution is -2.38. The van der Waals surface area contributed by atoms with Gasteiger partial charge in [0.05, 0.1) is 18.3 Å². The molecule has 0 saturated carbocycles. The molecule has 0 atom stereocenters. The third kappa shape index (κ3) is 2.61. The normalized spacial score (nSPS) is 14.1. The number of hydrogen-bond acceptors (Lipinski definition) is 4. The summed E-state index contributed by atoms with van der Waals surface area (Å²) >= 11 is 0. The smallest absolute Gasteiger partial charge is 0.255 e. The van der Waals surface area contributed by atoms with Crippen LogP contribution in [0.2, 0.25) is 0 Å². The highest BCUT2D eigenvalue weighted by Gasteiger charge is 2.24. The van der Waals surface area contributed by atoms with Crippen LogP contribution >= 0.6 is 0 Å².